The lowest BCUT2D eigenvalue weighted by molar-refractivity contribution is -0.116. The smallest absolute Gasteiger partial charge is 0.244 e. The van der Waals surface area contributed by atoms with E-state index in [9.17, 15) is 13.2 Å². The SMILES string of the molecule is CS(=O)(=O)Nc1cccc(N2C[C@@H]3[C@@H](CCNC(=O)/C=C/c4cccnc4)[C@@H]3C2)c1. The highest BCUT2D eigenvalue weighted by Crippen LogP contribution is 2.54. The fourth-order valence-corrected chi connectivity index (χ4v) is 4.89. The van der Waals surface area contributed by atoms with E-state index in [0.717, 1.165) is 37.0 Å². The normalized spacial score (nSPS) is 22.7. The Hall–Kier alpha value is -2.87. The van der Waals surface area contributed by atoms with Gasteiger partial charge in [0.15, 0.2) is 0 Å². The number of nitrogens with one attached hydrogen (secondary N) is 2. The van der Waals surface area contributed by atoms with Crippen molar-refractivity contribution in [1.82, 2.24) is 10.3 Å². The topological polar surface area (TPSA) is 91.4 Å². The monoisotopic (exact) mass is 426 g/mol. The van der Waals surface area contributed by atoms with Crippen molar-refractivity contribution < 1.29 is 13.2 Å². The largest absolute Gasteiger partial charge is 0.371 e. The molecule has 30 heavy (non-hydrogen) atoms. The first-order chi connectivity index (χ1) is 14.4. The van der Waals surface area contributed by atoms with Crippen molar-refractivity contribution in [3.8, 4) is 0 Å². The third-order valence-electron chi connectivity index (χ3n) is 5.77. The summed E-state index contributed by atoms with van der Waals surface area (Å²) >= 11 is 0. The second kappa shape index (κ2) is 8.47. The van der Waals surface area contributed by atoms with Crippen molar-refractivity contribution >= 4 is 33.4 Å². The van der Waals surface area contributed by atoms with Crippen LogP contribution in [0.2, 0.25) is 0 Å². The van der Waals surface area contributed by atoms with Crippen LogP contribution in [0.5, 0.6) is 0 Å². The Kier molecular flexibility index (Phi) is 5.76. The van der Waals surface area contributed by atoms with E-state index in [-0.39, 0.29) is 5.91 Å². The predicted octanol–water partition coefficient (Wildman–Crippen LogP) is 2.36. The minimum atomic E-state index is -3.28. The second-order valence-corrected chi connectivity index (χ2v) is 9.77. The van der Waals surface area contributed by atoms with Gasteiger partial charge in [0.25, 0.3) is 0 Å². The Morgan fingerprint density at radius 1 is 1.23 bits per heavy atom. The number of pyridine rings is 1. The van der Waals surface area contributed by atoms with Crippen molar-refractivity contribution in [3.63, 3.8) is 0 Å². The van der Waals surface area contributed by atoms with Gasteiger partial charge in [-0.15, -0.1) is 0 Å². The summed E-state index contributed by atoms with van der Waals surface area (Å²) < 4.78 is 25.4. The summed E-state index contributed by atoms with van der Waals surface area (Å²) in [5, 5.41) is 2.96. The maximum atomic E-state index is 12.0. The van der Waals surface area contributed by atoms with Crippen LogP contribution in [0.4, 0.5) is 11.4 Å². The molecule has 2 heterocycles. The fourth-order valence-electron chi connectivity index (χ4n) is 4.34. The van der Waals surface area contributed by atoms with Crippen molar-refractivity contribution in [2.24, 2.45) is 17.8 Å². The number of benzene rings is 1. The molecule has 0 radical (unpaired) electrons. The molecule has 1 amide bonds. The molecule has 1 saturated heterocycles. The minimum Gasteiger partial charge on any atom is -0.371 e. The predicted molar refractivity (Wildman–Crippen MR) is 118 cm³/mol. The summed E-state index contributed by atoms with van der Waals surface area (Å²) in [6.45, 7) is 2.64. The van der Waals surface area contributed by atoms with E-state index < -0.39 is 10.0 Å². The maximum Gasteiger partial charge on any atom is 0.244 e. The van der Waals surface area contributed by atoms with Gasteiger partial charge in [0.05, 0.1) is 11.9 Å². The van der Waals surface area contributed by atoms with Crippen LogP contribution < -0.4 is 14.9 Å². The van der Waals surface area contributed by atoms with Gasteiger partial charge in [-0.05, 0) is 60.1 Å². The molecule has 8 heteroatoms. The van der Waals surface area contributed by atoms with Gasteiger partial charge in [-0.2, -0.15) is 0 Å². The fraction of sp³-hybridized carbons (Fsp3) is 0.364. The molecule has 158 valence electrons. The number of piperidine rings is 1. The molecular weight excluding hydrogens is 400 g/mol. The van der Waals surface area contributed by atoms with E-state index in [1.807, 2.05) is 30.3 Å². The Labute approximate surface area is 177 Å². The third kappa shape index (κ3) is 5.18. The lowest BCUT2D eigenvalue weighted by Gasteiger charge is -2.22. The van der Waals surface area contributed by atoms with Gasteiger partial charge in [-0.25, -0.2) is 8.42 Å². The summed E-state index contributed by atoms with van der Waals surface area (Å²) in [7, 11) is -3.28. The highest BCUT2D eigenvalue weighted by atomic mass is 32.2. The lowest BCUT2D eigenvalue weighted by atomic mass is 10.1. The standard InChI is InChI=1S/C22H26N4O3S/c1-30(28,29)25-17-5-2-6-18(12-17)26-14-20-19(21(20)15-26)9-11-24-22(27)8-7-16-4-3-10-23-13-16/h2-8,10,12-13,19-21,25H,9,11,14-15H2,1H3,(H,24,27)/b8-7+/t19-,20-,21+. The van der Waals surface area contributed by atoms with Gasteiger partial charge in [0.1, 0.15) is 0 Å². The number of nitrogens with zero attached hydrogens (tertiary/aromatic N) is 2. The molecule has 2 fully saturated rings. The maximum absolute atomic E-state index is 12.0. The van der Waals surface area contributed by atoms with Crippen LogP contribution in [0.3, 0.4) is 0 Å². The molecule has 2 aromatic rings. The lowest BCUT2D eigenvalue weighted by Crippen LogP contribution is -2.26. The molecule has 4 rings (SSSR count). The Morgan fingerprint density at radius 3 is 2.73 bits per heavy atom. The van der Waals surface area contributed by atoms with Crippen LogP contribution in [-0.4, -0.2) is 45.2 Å². The van der Waals surface area contributed by atoms with Gasteiger partial charge < -0.3 is 10.2 Å². The van der Waals surface area contributed by atoms with E-state index in [0.29, 0.717) is 30.0 Å². The number of fused-ring (bicyclic) bond motifs is 1. The number of carbonyl (C=O) groups is 1. The van der Waals surface area contributed by atoms with Crippen LogP contribution in [0.25, 0.3) is 6.08 Å². The Balaban J connectivity index is 1.20. The van der Waals surface area contributed by atoms with Gasteiger partial charge >= 0.3 is 0 Å². The molecule has 1 aliphatic heterocycles. The van der Waals surface area contributed by atoms with Crippen molar-refractivity contribution in [3.05, 3.63) is 60.4 Å². The summed E-state index contributed by atoms with van der Waals surface area (Å²) in [4.78, 5) is 18.3. The average molecular weight is 427 g/mol. The highest BCUT2D eigenvalue weighted by molar-refractivity contribution is 7.92. The second-order valence-electron chi connectivity index (χ2n) is 8.02. The zero-order valence-corrected chi connectivity index (χ0v) is 17.7. The molecule has 0 spiro atoms. The number of rotatable bonds is 8. The molecule has 3 atom stereocenters. The number of amides is 1. The summed E-state index contributed by atoms with van der Waals surface area (Å²) in [6.07, 6.45) is 8.87. The summed E-state index contributed by atoms with van der Waals surface area (Å²) in [5.74, 6) is 1.88. The van der Waals surface area contributed by atoms with E-state index in [1.54, 1.807) is 30.6 Å². The van der Waals surface area contributed by atoms with Gasteiger partial charge in [-0.1, -0.05) is 12.1 Å². The van der Waals surface area contributed by atoms with Crippen LogP contribution in [0, 0.1) is 17.8 Å². The average Bonchev–Trinajstić information content (AvgIpc) is 3.15. The number of hydrogen-bond acceptors (Lipinski definition) is 5. The van der Waals surface area contributed by atoms with Crippen LogP contribution in [-0.2, 0) is 14.8 Å². The van der Waals surface area contributed by atoms with Crippen molar-refractivity contribution in [2.75, 3.05) is 35.5 Å². The van der Waals surface area contributed by atoms with Crippen molar-refractivity contribution in [1.29, 1.82) is 0 Å². The third-order valence-corrected chi connectivity index (χ3v) is 6.38. The molecule has 7 nitrogen and oxygen atoms in total. The number of anilines is 2. The van der Waals surface area contributed by atoms with Crippen LogP contribution >= 0.6 is 0 Å². The molecule has 0 unspecified atom stereocenters. The van der Waals surface area contributed by atoms with Gasteiger partial charge in [0, 0.05) is 43.8 Å². The molecule has 2 aliphatic rings. The van der Waals surface area contributed by atoms with E-state index >= 15 is 0 Å². The van der Waals surface area contributed by atoms with E-state index in [4.69, 9.17) is 0 Å². The zero-order chi connectivity index (χ0) is 21.1. The van der Waals surface area contributed by atoms with Gasteiger partial charge in [0.2, 0.25) is 15.9 Å². The van der Waals surface area contributed by atoms with Crippen LogP contribution in [0.1, 0.15) is 12.0 Å². The highest BCUT2D eigenvalue weighted by Gasteiger charge is 2.54. The first kappa shape index (κ1) is 20.4. The molecule has 0 bridgehead atoms. The van der Waals surface area contributed by atoms with E-state index in [2.05, 4.69) is 19.9 Å². The van der Waals surface area contributed by atoms with Crippen molar-refractivity contribution in [2.45, 2.75) is 6.42 Å². The Morgan fingerprint density at radius 2 is 2.03 bits per heavy atom. The molecular formula is C22H26N4O3S. The summed E-state index contributed by atoms with van der Waals surface area (Å²) in [5.41, 5.74) is 2.54. The molecule has 2 N–H and O–H groups in total. The minimum absolute atomic E-state index is 0.0820. The van der Waals surface area contributed by atoms with Gasteiger partial charge in [-0.3, -0.25) is 14.5 Å². The Bertz CT molecular complexity index is 1030. The number of carbonyl (C=O) groups excluding carboxylic acids is 1. The molecule has 1 saturated carbocycles. The molecule has 1 aromatic carbocycles. The number of sulfonamides is 1. The number of aromatic nitrogens is 1. The first-order valence-corrected chi connectivity index (χ1v) is 12.0. The quantitative estimate of drug-likeness (QED) is 0.633. The molecule has 1 aromatic heterocycles. The molecule has 1 aliphatic carbocycles. The van der Waals surface area contributed by atoms with Crippen LogP contribution in [0.15, 0.2) is 54.9 Å². The summed E-state index contributed by atoms with van der Waals surface area (Å²) in [6, 6.07) is 11.3. The number of hydrogen-bond donors (Lipinski definition) is 2. The van der Waals surface area contributed by atoms with E-state index in [1.165, 1.54) is 0 Å². The first-order valence-electron chi connectivity index (χ1n) is 10.1. The zero-order valence-electron chi connectivity index (χ0n) is 16.9.